The van der Waals surface area contributed by atoms with Crippen LogP contribution in [0.15, 0.2) is 0 Å². The average molecular weight is 245 g/mol. The standard InChI is InChI=1S/C5H11NO6S2/c1-3-13(9,10)6(5(7)8)14(11,12)4-2/h3-4H2,1-2H3,(H,7,8). The zero-order valence-corrected chi connectivity index (χ0v) is 9.30. The van der Waals surface area contributed by atoms with Crippen molar-refractivity contribution < 1.29 is 26.7 Å². The fourth-order valence-corrected chi connectivity index (χ4v) is 3.61. The molecular weight excluding hydrogens is 234 g/mol. The van der Waals surface area contributed by atoms with Crippen LogP contribution in [0.2, 0.25) is 0 Å². The van der Waals surface area contributed by atoms with Gasteiger partial charge in [-0.05, 0) is 13.8 Å². The van der Waals surface area contributed by atoms with Crippen LogP contribution in [0.3, 0.4) is 0 Å². The van der Waals surface area contributed by atoms with E-state index in [1.165, 1.54) is 0 Å². The van der Waals surface area contributed by atoms with Crippen molar-refractivity contribution in [2.45, 2.75) is 13.8 Å². The molecule has 14 heavy (non-hydrogen) atoms. The summed E-state index contributed by atoms with van der Waals surface area (Å²) < 4.78 is 44.0. The molecule has 0 radical (unpaired) electrons. The Hall–Kier alpha value is -0.830. The molecule has 0 fully saturated rings. The lowest BCUT2D eigenvalue weighted by Crippen LogP contribution is -2.42. The van der Waals surface area contributed by atoms with Crippen LogP contribution in [-0.2, 0) is 20.0 Å². The lowest BCUT2D eigenvalue weighted by molar-refractivity contribution is 0.187. The molecule has 0 unspecified atom stereocenters. The minimum atomic E-state index is -4.28. The first-order valence-electron chi connectivity index (χ1n) is 3.67. The van der Waals surface area contributed by atoms with Crippen molar-refractivity contribution in [3.63, 3.8) is 0 Å². The number of nitrogens with zero attached hydrogens (tertiary/aromatic N) is 1. The number of carbonyl (C=O) groups is 1. The molecule has 0 aliphatic rings. The highest BCUT2D eigenvalue weighted by Gasteiger charge is 2.36. The molecule has 0 spiro atoms. The van der Waals surface area contributed by atoms with E-state index in [0.29, 0.717) is 0 Å². The minimum absolute atomic E-state index is 0.486. The van der Waals surface area contributed by atoms with Crippen molar-refractivity contribution in [1.82, 2.24) is 3.71 Å². The molecule has 0 atom stereocenters. The number of sulfonamides is 2. The summed E-state index contributed by atoms with van der Waals surface area (Å²) in [4.78, 5) is 10.5. The van der Waals surface area contributed by atoms with Gasteiger partial charge >= 0.3 is 6.09 Å². The van der Waals surface area contributed by atoms with Gasteiger partial charge in [0.2, 0.25) is 0 Å². The van der Waals surface area contributed by atoms with E-state index in [2.05, 4.69) is 0 Å². The second-order valence-electron chi connectivity index (χ2n) is 2.28. The fourth-order valence-electron chi connectivity index (χ4n) is 0.645. The Morgan fingerprint density at radius 3 is 1.50 bits per heavy atom. The van der Waals surface area contributed by atoms with Crippen molar-refractivity contribution in [2.24, 2.45) is 0 Å². The molecule has 0 aliphatic carbocycles. The predicted molar refractivity (Wildman–Crippen MR) is 48.8 cm³/mol. The van der Waals surface area contributed by atoms with Gasteiger partial charge in [0.05, 0.1) is 11.5 Å². The Labute approximate surface area is 82.4 Å². The van der Waals surface area contributed by atoms with Gasteiger partial charge in [0.25, 0.3) is 20.0 Å². The highest BCUT2D eigenvalue weighted by Crippen LogP contribution is 2.09. The van der Waals surface area contributed by atoms with Gasteiger partial charge in [0.15, 0.2) is 0 Å². The maximum Gasteiger partial charge on any atom is 0.435 e. The molecule has 0 rings (SSSR count). The molecule has 1 amide bonds. The van der Waals surface area contributed by atoms with Crippen LogP contribution in [0.25, 0.3) is 0 Å². The van der Waals surface area contributed by atoms with Crippen molar-refractivity contribution in [3.05, 3.63) is 0 Å². The van der Waals surface area contributed by atoms with Gasteiger partial charge in [-0.15, -0.1) is 0 Å². The summed E-state index contributed by atoms with van der Waals surface area (Å²) in [7, 11) is -8.57. The van der Waals surface area contributed by atoms with Crippen LogP contribution >= 0.6 is 0 Å². The molecule has 0 bridgehead atoms. The number of rotatable bonds is 4. The second kappa shape index (κ2) is 4.13. The summed E-state index contributed by atoms with van der Waals surface area (Å²) in [6.45, 7) is 2.33. The Kier molecular flexibility index (Phi) is 3.89. The van der Waals surface area contributed by atoms with E-state index in [9.17, 15) is 21.6 Å². The maximum absolute atomic E-state index is 11.1. The number of hydrogen-bond acceptors (Lipinski definition) is 5. The summed E-state index contributed by atoms with van der Waals surface area (Å²) in [5.41, 5.74) is 0. The Morgan fingerprint density at radius 1 is 1.07 bits per heavy atom. The van der Waals surface area contributed by atoms with E-state index in [0.717, 1.165) is 13.8 Å². The maximum atomic E-state index is 11.1. The SMILES string of the molecule is CCS(=O)(=O)N(C(=O)O)S(=O)(=O)CC. The molecule has 0 saturated heterocycles. The van der Waals surface area contributed by atoms with Crippen LogP contribution in [0, 0.1) is 0 Å². The summed E-state index contributed by atoms with van der Waals surface area (Å²) >= 11 is 0. The summed E-state index contributed by atoms with van der Waals surface area (Å²) in [5, 5.41) is 8.47. The van der Waals surface area contributed by atoms with E-state index in [1.807, 2.05) is 0 Å². The third-order valence-corrected chi connectivity index (χ3v) is 5.54. The minimum Gasteiger partial charge on any atom is -0.463 e. The second-order valence-corrected chi connectivity index (χ2v) is 6.72. The third kappa shape index (κ3) is 2.58. The number of hydrogen-bond donors (Lipinski definition) is 1. The lowest BCUT2D eigenvalue weighted by Gasteiger charge is -2.16. The Balaban J connectivity index is 5.54. The first kappa shape index (κ1) is 13.2. The first-order valence-corrected chi connectivity index (χ1v) is 6.89. The van der Waals surface area contributed by atoms with Crippen LogP contribution < -0.4 is 0 Å². The monoisotopic (exact) mass is 245 g/mol. The zero-order chi connectivity index (χ0) is 11.6. The third-order valence-electron chi connectivity index (χ3n) is 1.39. The van der Waals surface area contributed by atoms with Gasteiger partial charge in [-0.25, -0.2) is 21.6 Å². The molecule has 0 heterocycles. The molecule has 1 N–H and O–H groups in total. The van der Waals surface area contributed by atoms with E-state index < -0.39 is 41.4 Å². The van der Waals surface area contributed by atoms with Crippen LogP contribution in [0.1, 0.15) is 13.8 Å². The quantitative estimate of drug-likeness (QED) is 0.726. The van der Waals surface area contributed by atoms with Crippen LogP contribution in [0.5, 0.6) is 0 Å². The van der Waals surface area contributed by atoms with Gasteiger partial charge in [0, 0.05) is 0 Å². The summed E-state index contributed by atoms with van der Waals surface area (Å²) in [5.74, 6) is -1.17. The van der Waals surface area contributed by atoms with Crippen LogP contribution in [-0.4, -0.2) is 43.3 Å². The van der Waals surface area contributed by atoms with Gasteiger partial charge in [-0.1, -0.05) is 3.71 Å². The Morgan fingerprint density at radius 2 is 1.36 bits per heavy atom. The largest absolute Gasteiger partial charge is 0.463 e. The Bertz CT molecular complexity index is 374. The van der Waals surface area contributed by atoms with E-state index in [1.54, 1.807) is 0 Å². The highest BCUT2D eigenvalue weighted by atomic mass is 32.3. The molecule has 0 aromatic heterocycles. The number of carboxylic acid groups (broad SMARTS) is 1. The van der Waals surface area contributed by atoms with Gasteiger partial charge in [0.1, 0.15) is 0 Å². The smallest absolute Gasteiger partial charge is 0.435 e. The van der Waals surface area contributed by atoms with Gasteiger partial charge in [-0.2, -0.15) is 0 Å². The topological polar surface area (TPSA) is 109 Å². The lowest BCUT2D eigenvalue weighted by atomic mass is 11.0. The molecule has 0 saturated carbocycles. The normalized spacial score (nSPS) is 12.4. The predicted octanol–water partition coefficient (Wildman–Crippen LogP) is -0.334. The molecule has 0 aliphatic heterocycles. The van der Waals surface area contributed by atoms with Crippen molar-refractivity contribution >= 4 is 26.1 Å². The van der Waals surface area contributed by atoms with E-state index in [-0.39, 0.29) is 0 Å². The molecule has 0 aromatic rings. The van der Waals surface area contributed by atoms with Crippen LogP contribution in [0.4, 0.5) is 4.79 Å². The van der Waals surface area contributed by atoms with Crippen molar-refractivity contribution in [2.75, 3.05) is 11.5 Å². The van der Waals surface area contributed by atoms with E-state index >= 15 is 0 Å². The highest BCUT2D eigenvalue weighted by molar-refractivity contribution is 8.04. The first-order chi connectivity index (χ1) is 6.19. The zero-order valence-electron chi connectivity index (χ0n) is 7.67. The number of amides is 1. The summed E-state index contributed by atoms with van der Waals surface area (Å²) in [6.07, 6.45) is -2.01. The fraction of sp³-hybridized carbons (Fsp3) is 0.800. The molecule has 9 heteroatoms. The van der Waals surface area contributed by atoms with E-state index in [4.69, 9.17) is 5.11 Å². The van der Waals surface area contributed by atoms with Gasteiger partial charge in [-0.3, -0.25) is 0 Å². The molecular formula is C5H11NO6S2. The average Bonchev–Trinajstić information content (AvgIpc) is 2.02. The van der Waals surface area contributed by atoms with Crippen molar-refractivity contribution in [1.29, 1.82) is 0 Å². The van der Waals surface area contributed by atoms with Crippen molar-refractivity contribution in [3.8, 4) is 0 Å². The molecule has 0 aromatic carbocycles. The molecule has 7 nitrogen and oxygen atoms in total. The molecule has 84 valence electrons. The summed E-state index contributed by atoms with van der Waals surface area (Å²) in [6, 6.07) is 0. The van der Waals surface area contributed by atoms with Gasteiger partial charge < -0.3 is 5.11 Å².